The third-order valence-electron chi connectivity index (χ3n) is 3.96. The molecule has 1 N–H and O–H groups in total. The zero-order valence-corrected chi connectivity index (χ0v) is 14.8. The summed E-state index contributed by atoms with van der Waals surface area (Å²) in [6.45, 7) is 6.66. The molecule has 1 aliphatic heterocycles. The van der Waals surface area contributed by atoms with Crippen LogP contribution in [0.4, 0.5) is 11.5 Å². The van der Waals surface area contributed by atoms with Crippen LogP contribution in [0.2, 0.25) is 0 Å². The van der Waals surface area contributed by atoms with Crippen molar-refractivity contribution in [1.29, 1.82) is 0 Å². The summed E-state index contributed by atoms with van der Waals surface area (Å²) in [5.41, 5.74) is -1.10. The van der Waals surface area contributed by atoms with E-state index >= 15 is 0 Å². The summed E-state index contributed by atoms with van der Waals surface area (Å²) >= 11 is 0. The largest absolute Gasteiger partial charge is 0.477 e. The number of aromatic carboxylic acids is 1. The van der Waals surface area contributed by atoms with E-state index in [1.165, 1.54) is 6.07 Å². The molecule has 0 saturated carbocycles. The van der Waals surface area contributed by atoms with Crippen molar-refractivity contribution in [3.05, 3.63) is 27.4 Å². The molecule has 0 aromatic carbocycles. The summed E-state index contributed by atoms with van der Waals surface area (Å²) in [5.74, 6) is -1.34. The molecule has 1 aromatic rings. The standard InChI is InChI=1S/C16H23N3O6/c1-10(2)25-16(5-6-24-9-16)8-18(4)14-13(19(22)23)12(15(20)21)7-11(3)17-14/h7,10H,5-6,8-9H2,1-4H3,(H,20,21). The summed E-state index contributed by atoms with van der Waals surface area (Å²) in [6.07, 6.45) is 0.617. The molecular formula is C16H23N3O6. The predicted molar refractivity (Wildman–Crippen MR) is 90.2 cm³/mol. The molecule has 9 nitrogen and oxygen atoms in total. The third-order valence-corrected chi connectivity index (χ3v) is 3.96. The molecule has 2 rings (SSSR count). The quantitative estimate of drug-likeness (QED) is 0.585. The van der Waals surface area contributed by atoms with Crippen molar-refractivity contribution in [2.75, 3.05) is 31.7 Å². The van der Waals surface area contributed by atoms with E-state index in [4.69, 9.17) is 9.47 Å². The Bertz CT molecular complexity index is 670. The summed E-state index contributed by atoms with van der Waals surface area (Å²) in [7, 11) is 1.64. The summed E-state index contributed by atoms with van der Waals surface area (Å²) in [6, 6.07) is 1.21. The summed E-state index contributed by atoms with van der Waals surface area (Å²) in [4.78, 5) is 28.0. The molecule has 0 spiro atoms. The van der Waals surface area contributed by atoms with E-state index in [0.29, 0.717) is 31.9 Å². The van der Waals surface area contributed by atoms with Crippen LogP contribution in [0, 0.1) is 17.0 Å². The monoisotopic (exact) mass is 353 g/mol. The molecular weight excluding hydrogens is 330 g/mol. The Morgan fingerprint density at radius 2 is 2.28 bits per heavy atom. The number of aromatic nitrogens is 1. The van der Waals surface area contributed by atoms with Gasteiger partial charge in [-0.2, -0.15) is 0 Å². The second-order valence-corrected chi connectivity index (χ2v) is 6.55. The third kappa shape index (κ3) is 4.23. The molecule has 0 amide bonds. The highest BCUT2D eigenvalue weighted by Gasteiger charge is 2.40. The molecule has 0 aliphatic carbocycles. The predicted octanol–water partition coefficient (Wildman–Crippen LogP) is 2.02. The van der Waals surface area contributed by atoms with Crippen LogP contribution >= 0.6 is 0 Å². The molecule has 25 heavy (non-hydrogen) atoms. The Hall–Kier alpha value is -2.26. The van der Waals surface area contributed by atoms with Crippen LogP contribution in [0.3, 0.4) is 0 Å². The number of carboxylic acids is 1. The smallest absolute Gasteiger partial charge is 0.342 e. The fourth-order valence-electron chi connectivity index (χ4n) is 3.11. The Balaban J connectivity index is 2.42. The number of nitro groups is 1. The van der Waals surface area contributed by atoms with Gasteiger partial charge in [-0.15, -0.1) is 0 Å². The lowest BCUT2D eigenvalue weighted by atomic mass is 10.0. The van der Waals surface area contributed by atoms with Crippen LogP contribution in [0.25, 0.3) is 0 Å². The summed E-state index contributed by atoms with van der Waals surface area (Å²) in [5, 5.41) is 20.8. The zero-order chi connectivity index (χ0) is 18.8. The van der Waals surface area contributed by atoms with Crippen molar-refractivity contribution in [2.24, 2.45) is 0 Å². The van der Waals surface area contributed by atoms with Gasteiger partial charge in [0.1, 0.15) is 11.2 Å². The number of carbonyl (C=O) groups is 1. The van der Waals surface area contributed by atoms with Crippen LogP contribution in [0.5, 0.6) is 0 Å². The first-order valence-corrected chi connectivity index (χ1v) is 8.01. The molecule has 1 fully saturated rings. The number of aryl methyl sites for hydroxylation is 1. The molecule has 9 heteroatoms. The van der Waals surface area contributed by atoms with Crippen molar-refractivity contribution in [3.8, 4) is 0 Å². The highest BCUT2D eigenvalue weighted by atomic mass is 16.6. The van der Waals surface area contributed by atoms with E-state index in [1.807, 2.05) is 13.8 Å². The normalized spacial score (nSPS) is 20.0. The minimum Gasteiger partial charge on any atom is -0.477 e. The maximum absolute atomic E-state index is 11.5. The van der Waals surface area contributed by atoms with Crippen LogP contribution in [0.1, 0.15) is 36.3 Å². The van der Waals surface area contributed by atoms with Crippen molar-refractivity contribution in [3.63, 3.8) is 0 Å². The van der Waals surface area contributed by atoms with E-state index in [2.05, 4.69) is 4.98 Å². The van der Waals surface area contributed by atoms with Crippen molar-refractivity contribution >= 4 is 17.5 Å². The van der Waals surface area contributed by atoms with Gasteiger partial charge in [0.05, 0.1) is 24.2 Å². The summed E-state index contributed by atoms with van der Waals surface area (Å²) < 4.78 is 11.5. The molecule has 1 atom stereocenters. The van der Waals surface area contributed by atoms with Crippen molar-refractivity contribution in [2.45, 2.75) is 38.9 Å². The lowest BCUT2D eigenvalue weighted by Gasteiger charge is -2.34. The number of nitrogens with zero attached hydrogens (tertiary/aromatic N) is 3. The fraction of sp³-hybridized carbons (Fsp3) is 0.625. The van der Waals surface area contributed by atoms with Gasteiger partial charge in [-0.05, 0) is 26.8 Å². The average Bonchev–Trinajstić information content (AvgIpc) is 2.92. The number of carboxylic acid groups (broad SMARTS) is 1. The molecule has 0 bridgehead atoms. The molecule has 138 valence electrons. The van der Waals surface area contributed by atoms with Crippen LogP contribution < -0.4 is 4.90 Å². The minimum absolute atomic E-state index is 0.0148. The highest BCUT2D eigenvalue weighted by Crippen LogP contribution is 2.33. The first kappa shape index (κ1) is 19.1. The van der Waals surface area contributed by atoms with Crippen molar-refractivity contribution < 1.29 is 24.3 Å². The fourth-order valence-corrected chi connectivity index (χ4v) is 3.11. The first-order chi connectivity index (χ1) is 11.6. The Labute approximate surface area is 145 Å². The Morgan fingerprint density at radius 1 is 1.60 bits per heavy atom. The SMILES string of the molecule is Cc1cc(C(=O)O)c([N+](=O)[O-])c(N(C)CC2(OC(C)C)CCOC2)n1. The van der Waals surface area contributed by atoms with E-state index < -0.39 is 22.2 Å². The van der Waals surface area contributed by atoms with E-state index in [9.17, 15) is 20.0 Å². The molecule has 2 heterocycles. The lowest BCUT2D eigenvalue weighted by molar-refractivity contribution is -0.384. The van der Waals surface area contributed by atoms with Gasteiger partial charge in [0.15, 0.2) is 0 Å². The van der Waals surface area contributed by atoms with Crippen LogP contribution in [-0.4, -0.2) is 59.5 Å². The number of likely N-dealkylation sites (N-methyl/N-ethyl adjacent to an activating group) is 1. The number of hydrogen-bond donors (Lipinski definition) is 1. The van der Waals surface area contributed by atoms with Gasteiger partial charge < -0.3 is 19.5 Å². The van der Waals surface area contributed by atoms with Gasteiger partial charge >= 0.3 is 11.7 Å². The minimum atomic E-state index is -1.36. The van der Waals surface area contributed by atoms with Gasteiger partial charge in [-0.25, -0.2) is 9.78 Å². The Morgan fingerprint density at radius 3 is 2.76 bits per heavy atom. The van der Waals surface area contributed by atoms with Crippen LogP contribution in [0.15, 0.2) is 6.07 Å². The number of hydrogen-bond acceptors (Lipinski definition) is 7. The van der Waals surface area contributed by atoms with Gasteiger partial charge in [0.25, 0.3) is 0 Å². The first-order valence-electron chi connectivity index (χ1n) is 8.01. The second-order valence-electron chi connectivity index (χ2n) is 6.55. The lowest BCUT2D eigenvalue weighted by Crippen LogP contribution is -2.46. The maximum Gasteiger partial charge on any atom is 0.342 e. The van der Waals surface area contributed by atoms with Gasteiger partial charge in [-0.3, -0.25) is 10.1 Å². The average molecular weight is 353 g/mol. The molecule has 1 unspecified atom stereocenters. The maximum atomic E-state index is 11.5. The van der Waals surface area contributed by atoms with E-state index in [0.717, 1.165) is 0 Å². The topological polar surface area (TPSA) is 115 Å². The van der Waals surface area contributed by atoms with Gasteiger partial charge in [-0.1, -0.05) is 0 Å². The van der Waals surface area contributed by atoms with Crippen molar-refractivity contribution in [1.82, 2.24) is 4.98 Å². The van der Waals surface area contributed by atoms with E-state index in [-0.39, 0.29) is 17.5 Å². The highest BCUT2D eigenvalue weighted by molar-refractivity contribution is 5.95. The number of anilines is 1. The van der Waals surface area contributed by atoms with Gasteiger partial charge in [0, 0.05) is 25.8 Å². The molecule has 1 aliphatic rings. The van der Waals surface area contributed by atoms with Crippen LogP contribution in [-0.2, 0) is 9.47 Å². The number of pyridine rings is 1. The molecule has 0 radical (unpaired) electrons. The zero-order valence-electron chi connectivity index (χ0n) is 14.8. The molecule has 1 saturated heterocycles. The van der Waals surface area contributed by atoms with Gasteiger partial charge in [0.2, 0.25) is 5.82 Å². The number of rotatable bonds is 7. The Kier molecular flexibility index (Phi) is 5.58. The number of ether oxygens (including phenoxy) is 2. The molecule has 1 aromatic heterocycles. The second kappa shape index (κ2) is 7.32. The van der Waals surface area contributed by atoms with E-state index in [1.54, 1.807) is 18.9 Å².